The number of hydrogen-bond donors (Lipinski definition) is 1. The van der Waals surface area contributed by atoms with Crippen LogP contribution in [0.15, 0.2) is 65.7 Å². The number of anilines is 1. The number of nitrogens with one attached hydrogen (secondary N) is 1. The van der Waals surface area contributed by atoms with Crippen molar-refractivity contribution in [2.45, 2.75) is 13.3 Å². The van der Waals surface area contributed by atoms with Crippen molar-refractivity contribution in [2.24, 2.45) is 0 Å². The number of methoxy groups -OCH3 is 1. The van der Waals surface area contributed by atoms with E-state index in [0.717, 1.165) is 17.7 Å². The fourth-order valence-corrected chi connectivity index (χ4v) is 4.24. The van der Waals surface area contributed by atoms with Crippen LogP contribution in [-0.2, 0) is 11.2 Å². The number of nitrogens with zero attached hydrogens (tertiary/aromatic N) is 1. The number of carbonyl (C=O) groups excluding carboxylic acids is 2. The van der Waals surface area contributed by atoms with Gasteiger partial charge in [0, 0.05) is 0 Å². The molecule has 1 aliphatic rings. The van der Waals surface area contributed by atoms with Crippen LogP contribution in [0, 0.1) is 0 Å². The molecule has 0 bridgehead atoms. The number of thiophene rings is 1. The monoisotopic (exact) mass is 464 g/mol. The van der Waals surface area contributed by atoms with Gasteiger partial charge in [-0.25, -0.2) is 4.79 Å². The van der Waals surface area contributed by atoms with E-state index in [4.69, 9.17) is 21.7 Å². The van der Waals surface area contributed by atoms with Crippen molar-refractivity contribution in [3.8, 4) is 11.5 Å². The second-order valence-electron chi connectivity index (χ2n) is 6.89. The fourth-order valence-electron chi connectivity index (χ4n) is 3.35. The van der Waals surface area contributed by atoms with Gasteiger partial charge in [-0.15, -0.1) is 11.3 Å². The van der Waals surface area contributed by atoms with E-state index in [1.54, 1.807) is 41.8 Å². The Labute approximate surface area is 195 Å². The molecule has 3 aromatic rings. The summed E-state index contributed by atoms with van der Waals surface area (Å²) in [6.07, 6.45) is 2.47. The molecule has 0 unspecified atom stereocenters. The highest BCUT2D eigenvalue weighted by molar-refractivity contribution is 7.80. The highest BCUT2D eigenvalue weighted by atomic mass is 32.1. The van der Waals surface area contributed by atoms with Gasteiger partial charge in [-0.3, -0.25) is 9.69 Å². The highest BCUT2D eigenvalue weighted by Gasteiger charge is 2.33. The Morgan fingerprint density at radius 3 is 2.69 bits per heavy atom. The lowest BCUT2D eigenvalue weighted by Gasteiger charge is -2.17. The number of benzene rings is 2. The van der Waals surface area contributed by atoms with Gasteiger partial charge in [-0.2, -0.15) is 0 Å². The molecule has 4 rings (SSSR count). The van der Waals surface area contributed by atoms with Gasteiger partial charge in [0.2, 0.25) is 0 Å². The third-order valence-electron chi connectivity index (χ3n) is 4.92. The van der Waals surface area contributed by atoms with Crippen LogP contribution in [0.1, 0.15) is 27.7 Å². The Balaban J connectivity index is 1.59. The van der Waals surface area contributed by atoms with E-state index in [-0.39, 0.29) is 5.91 Å². The molecule has 1 saturated heterocycles. The largest absolute Gasteiger partial charge is 0.493 e. The van der Waals surface area contributed by atoms with E-state index in [9.17, 15) is 9.59 Å². The quantitative estimate of drug-likeness (QED) is 0.245. The van der Waals surface area contributed by atoms with E-state index in [1.165, 1.54) is 23.3 Å². The van der Waals surface area contributed by atoms with Crippen molar-refractivity contribution >= 4 is 52.3 Å². The molecule has 1 amide bonds. The smallest absolute Gasteiger partial charge is 0.353 e. The van der Waals surface area contributed by atoms with Gasteiger partial charge in [-0.1, -0.05) is 37.3 Å². The van der Waals surface area contributed by atoms with Gasteiger partial charge in [0.15, 0.2) is 16.6 Å². The maximum absolute atomic E-state index is 13.1. The minimum Gasteiger partial charge on any atom is -0.493 e. The SMILES string of the molecule is CCc1ccccc1N1C(=O)/C(=C\c2ccc(OC(=O)c3cccs3)c(OC)c2)NC1=S. The number of amides is 1. The van der Waals surface area contributed by atoms with Gasteiger partial charge < -0.3 is 14.8 Å². The van der Waals surface area contributed by atoms with Crippen molar-refractivity contribution in [1.29, 1.82) is 0 Å². The number of thiocarbonyl (C=S) groups is 1. The molecule has 8 heteroatoms. The molecule has 1 N–H and O–H groups in total. The normalized spacial score (nSPS) is 14.6. The molecule has 6 nitrogen and oxygen atoms in total. The second-order valence-corrected chi connectivity index (χ2v) is 8.22. The molecule has 0 radical (unpaired) electrons. The van der Waals surface area contributed by atoms with E-state index in [1.807, 2.05) is 31.2 Å². The van der Waals surface area contributed by atoms with Crippen LogP contribution < -0.4 is 19.7 Å². The van der Waals surface area contributed by atoms with E-state index in [0.29, 0.717) is 32.7 Å². The molecule has 2 aromatic carbocycles. The predicted octanol–water partition coefficient (Wildman–Crippen LogP) is 4.80. The third kappa shape index (κ3) is 4.28. The first-order valence-corrected chi connectivity index (χ1v) is 11.2. The van der Waals surface area contributed by atoms with Crippen molar-refractivity contribution < 1.29 is 19.1 Å². The molecule has 32 heavy (non-hydrogen) atoms. The molecular weight excluding hydrogens is 444 g/mol. The zero-order chi connectivity index (χ0) is 22.7. The van der Waals surface area contributed by atoms with Crippen LogP contribution in [0.4, 0.5) is 5.69 Å². The maximum Gasteiger partial charge on any atom is 0.353 e. The molecule has 1 fully saturated rings. The van der Waals surface area contributed by atoms with Gasteiger partial charge in [0.25, 0.3) is 5.91 Å². The van der Waals surface area contributed by atoms with Crippen molar-refractivity contribution in [3.05, 3.63) is 81.7 Å². The lowest BCUT2D eigenvalue weighted by atomic mass is 10.1. The molecule has 0 saturated carbocycles. The van der Waals surface area contributed by atoms with E-state index in [2.05, 4.69) is 5.32 Å². The molecular formula is C24H20N2O4S2. The van der Waals surface area contributed by atoms with Gasteiger partial charge in [0.05, 0.1) is 12.8 Å². The summed E-state index contributed by atoms with van der Waals surface area (Å²) in [6, 6.07) is 16.2. The van der Waals surface area contributed by atoms with Crippen molar-refractivity contribution in [3.63, 3.8) is 0 Å². The average molecular weight is 465 g/mol. The number of ether oxygens (including phenoxy) is 2. The standard InChI is InChI=1S/C24H20N2O4S2/c1-3-16-7-4-5-8-18(16)26-22(27)17(25-24(26)31)13-15-10-11-19(20(14-15)29-2)30-23(28)21-9-6-12-32-21/h4-14H,3H2,1-2H3,(H,25,31)/b17-13+. The van der Waals surface area contributed by atoms with Crippen molar-refractivity contribution in [2.75, 3.05) is 12.0 Å². The third-order valence-corrected chi connectivity index (χ3v) is 6.05. The maximum atomic E-state index is 13.1. The summed E-state index contributed by atoms with van der Waals surface area (Å²) in [5.74, 6) is -0.00562. The topological polar surface area (TPSA) is 67.9 Å². The van der Waals surface area contributed by atoms with Crippen LogP contribution in [-0.4, -0.2) is 24.1 Å². The molecule has 0 atom stereocenters. The first-order valence-electron chi connectivity index (χ1n) is 9.90. The number of para-hydroxylation sites is 1. The van der Waals surface area contributed by atoms with Crippen LogP contribution in [0.25, 0.3) is 6.08 Å². The Morgan fingerprint density at radius 2 is 1.97 bits per heavy atom. The number of aryl methyl sites for hydroxylation is 1. The fraction of sp³-hybridized carbons (Fsp3) is 0.125. The number of hydrogen-bond acceptors (Lipinski definition) is 6. The van der Waals surface area contributed by atoms with Gasteiger partial charge >= 0.3 is 5.97 Å². The number of carbonyl (C=O) groups is 2. The molecule has 1 aromatic heterocycles. The van der Waals surface area contributed by atoms with Crippen LogP contribution in [0.3, 0.4) is 0 Å². The zero-order valence-electron chi connectivity index (χ0n) is 17.5. The Morgan fingerprint density at radius 1 is 1.16 bits per heavy atom. The number of rotatable bonds is 6. The van der Waals surface area contributed by atoms with Crippen LogP contribution in [0.5, 0.6) is 11.5 Å². The summed E-state index contributed by atoms with van der Waals surface area (Å²) in [7, 11) is 1.49. The molecule has 0 aliphatic carbocycles. The van der Waals surface area contributed by atoms with E-state index >= 15 is 0 Å². The van der Waals surface area contributed by atoms with Crippen LogP contribution >= 0.6 is 23.6 Å². The summed E-state index contributed by atoms with van der Waals surface area (Å²) in [4.78, 5) is 27.4. The molecule has 2 heterocycles. The minimum atomic E-state index is -0.451. The lowest BCUT2D eigenvalue weighted by molar-refractivity contribution is -0.113. The van der Waals surface area contributed by atoms with Crippen molar-refractivity contribution in [1.82, 2.24) is 5.32 Å². The summed E-state index contributed by atoms with van der Waals surface area (Å²) < 4.78 is 10.9. The Hall–Kier alpha value is -3.49. The molecule has 0 spiro atoms. The summed E-state index contributed by atoms with van der Waals surface area (Å²) in [5, 5.41) is 5.14. The summed E-state index contributed by atoms with van der Waals surface area (Å²) >= 11 is 6.73. The van der Waals surface area contributed by atoms with Gasteiger partial charge in [-0.05, 0) is 65.5 Å². The average Bonchev–Trinajstić information content (AvgIpc) is 3.43. The highest BCUT2D eigenvalue weighted by Crippen LogP contribution is 2.31. The minimum absolute atomic E-state index is 0.233. The second kappa shape index (κ2) is 9.33. The zero-order valence-corrected chi connectivity index (χ0v) is 19.1. The predicted molar refractivity (Wildman–Crippen MR) is 129 cm³/mol. The first kappa shape index (κ1) is 21.7. The van der Waals surface area contributed by atoms with E-state index < -0.39 is 5.97 Å². The van der Waals surface area contributed by atoms with Gasteiger partial charge in [0.1, 0.15) is 10.6 Å². The number of esters is 1. The van der Waals surface area contributed by atoms with Crippen LogP contribution in [0.2, 0.25) is 0 Å². The lowest BCUT2D eigenvalue weighted by Crippen LogP contribution is -2.31. The Bertz CT molecular complexity index is 1220. The first-order chi connectivity index (χ1) is 15.5. The molecule has 1 aliphatic heterocycles. The molecule has 162 valence electrons. The summed E-state index contributed by atoms with van der Waals surface area (Å²) in [5.41, 5.74) is 2.85. The Kier molecular flexibility index (Phi) is 6.34. The summed E-state index contributed by atoms with van der Waals surface area (Å²) in [6.45, 7) is 2.03.